The van der Waals surface area contributed by atoms with Crippen LogP contribution < -0.4 is 0 Å². The number of carbonyl (C=O) groups is 2. The molecule has 0 spiro atoms. The molecule has 2 rings (SSSR count). The van der Waals surface area contributed by atoms with Crippen molar-refractivity contribution in [3.05, 3.63) is 35.4 Å². The Balaban J connectivity index is 1.92. The average molecular weight is 374 g/mol. The number of amides is 2. The van der Waals surface area contributed by atoms with Crippen LogP contribution in [0.5, 0.6) is 0 Å². The van der Waals surface area contributed by atoms with Crippen molar-refractivity contribution in [2.45, 2.75) is 6.18 Å². The van der Waals surface area contributed by atoms with Crippen molar-refractivity contribution in [2.75, 3.05) is 53.1 Å². The second-order valence-corrected chi connectivity index (χ2v) is 5.76. The van der Waals surface area contributed by atoms with Gasteiger partial charge in [0.2, 0.25) is 5.91 Å². The highest BCUT2D eigenvalue weighted by atomic mass is 19.4. The van der Waals surface area contributed by atoms with Gasteiger partial charge in [-0.25, -0.2) is 0 Å². The number of nitrogens with zero attached hydrogens (tertiary/aromatic N) is 2. The Morgan fingerprint density at radius 1 is 1.04 bits per heavy atom. The molecule has 1 fully saturated rings. The number of rotatable bonds is 6. The van der Waals surface area contributed by atoms with Gasteiger partial charge in [0, 0.05) is 33.3 Å². The van der Waals surface area contributed by atoms with Crippen molar-refractivity contribution >= 4 is 11.8 Å². The van der Waals surface area contributed by atoms with E-state index in [9.17, 15) is 22.8 Å². The second kappa shape index (κ2) is 9.00. The Labute approximate surface area is 149 Å². The fourth-order valence-corrected chi connectivity index (χ4v) is 2.64. The Kier molecular flexibility index (Phi) is 6.98. The summed E-state index contributed by atoms with van der Waals surface area (Å²) in [5.74, 6) is -0.898. The summed E-state index contributed by atoms with van der Waals surface area (Å²) in [4.78, 5) is 27.3. The third-order valence-corrected chi connectivity index (χ3v) is 4.04. The number of ether oxygens (including phenoxy) is 2. The molecule has 1 aliphatic rings. The predicted molar refractivity (Wildman–Crippen MR) is 86.6 cm³/mol. The van der Waals surface area contributed by atoms with E-state index in [4.69, 9.17) is 9.47 Å². The summed E-state index contributed by atoms with van der Waals surface area (Å²) in [5, 5.41) is 0. The van der Waals surface area contributed by atoms with Gasteiger partial charge in [0.15, 0.2) is 0 Å². The van der Waals surface area contributed by atoms with E-state index in [0.717, 1.165) is 6.07 Å². The lowest BCUT2D eigenvalue weighted by Crippen LogP contribution is -2.51. The highest BCUT2D eigenvalue weighted by molar-refractivity contribution is 5.96. The molecule has 0 radical (unpaired) electrons. The minimum atomic E-state index is -4.59. The molecule has 0 saturated carbocycles. The molecule has 144 valence electrons. The van der Waals surface area contributed by atoms with Crippen LogP contribution in [-0.2, 0) is 20.4 Å². The van der Waals surface area contributed by atoms with Crippen LogP contribution in [-0.4, -0.2) is 74.7 Å². The number of piperazine rings is 1. The Morgan fingerprint density at radius 3 is 2.27 bits per heavy atom. The fraction of sp³-hybridized carbons (Fsp3) is 0.529. The van der Waals surface area contributed by atoms with E-state index < -0.39 is 17.6 Å². The summed E-state index contributed by atoms with van der Waals surface area (Å²) in [6.45, 7) is 1.46. The van der Waals surface area contributed by atoms with Crippen molar-refractivity contribution in [1.82, 2.24) is 9.80 Å². The SMILES string of the molecule is COCCOCC(=O)N1CCN(C(=O)c2ccccc2C(F)(F)F)CC1. The van der Waals surface area contributed by atoms with Crippen molar-refractivity contribution in [2.24, 2.45) is 0 Å². The largest absolute Gasteiger partial charge is 0.417 e. The lowest BCUT2D eigenvalue weighted by atomic mass is 10.1. The van der Waals surface area contributed by atoms with Gasteiger partial charge in [0.1, 0.15) is 6.61 Å². The molecule has 0 N–H and O–H groups in total. The van der Waals surface area contributed by atoms with E-state index in [1.807, 2.05) is 0 Å². The minimum absolute atomic E-state index is 0.0891. The van der Waals surface area contributed by atoms with Gasteiger partial charge in [0.05, 0.1) is 24.3 Å². The molecule has 1 heterocycles. The van der Waals surface area contributed by atoms with E-state index in [1.54, 1.807) is 0 Å². The maximum Gasteiger partial charge on any atom is 0.417 e. The molecule has 9 heteroatoms. The summed E-state index contributed by atoms with van der Waals surface area (Å²) in [6.07, 6.45) is -4.59. The quantitative estimate of drug-likeness (QED) is 0.711. The van der Waals surface area contributed by atoms with E-state index in [2.05, 4.69) is 0 Å². The summed E-state index contributed by atoms with van der Waals surface area (Å²) >= 11 is 0. The standard InChI is InChI=1S/C17H21F3N2O4/c1-25-10-11-26-12-15(23)21-6-8-22(9-7-21)16(24)13-4-2-3-5-14(13)17(18,19)20/h2-5H,6-12H2,1H3. The van der Waals surface area contributed by atoms with E-state index in [0.29, 0.717) is 13.2 Å². The van der Waals surface area contributed by atoms with Gasteiger partial charge in [-0.3, -0.25) is 9.59 Å². The third-order valence-electron chi connectivity index (χ3n) is 4.04. The second-order valence-electron chi connectivity index (χ2n) is 5.76. The topological polar surface area (TPSA) is 59.1 Å². The van der Waals surface area contributed by atoms with Crippen LogP contribution in [0.2, 0.25) is 0 Å². The summed E-state index contributed by atoms with van der Waals surface area (Å²) in [5.41, 5.74) is -1.32. The number of hydrogen-bond acceptors (Lipinski definition) is 4. The molecule has 26 heavy (non-hydrogen) atoms. The molecule has 1 aliphatic heterocycles. The Bertz CT molecular complexity index is 629. The summed E-state index contributed by atoms with van der Waals surface area (Å²) < 4.78 is 49.2. The van der Waals surface area contributed by atoms with Crippen LogP contribution in [0.3, 0.4) is 0 Å². The van der Waals surface area contributed by atoms with Crippen LogP contribution in [0.1, 0.15) is 15.9 Å². The number of alkyl halides is 3. The van der Waals surface area contributed by atoms with Crippen molar-refractivity contribution < 1.29 is 32.2 Å². The van der Waals surface area contributed by atoms with Gasteiger partial charge < -0.3 is 19.3 Å². The van der Waals surface area contributed by atoms with Gasteiger partial charge in [0.25, 0.3) is 5.91 Å². The number of halogens is 3. The van der Waals surface area contributed by atoms with Crippen LogP contribution in [0, 0.1) is 0 Å². The molecule has 2 amide bonds. The van der Waals surface area contributed by atoms with Crippen LogP contribution in [0.4, 0.5) is 13.2 Å². The Morgan fingerprint density at radius 2 is 1.65 bits per heavy atom. The van der Waals surface area contributed by atoms with Crippen molar-refractivity contribution in [1.29, 1.82) is 0 Å². The normalized spacial score (nSPS) is 15.2. The van der Waals surface area contributed by atoms with Gasteiger partial charge >= 0.3 is 6.18 Å². The third kappa shape index (κ3) is 5.18. The van der Waals surface area contributed by atoms with Crippen molar-refractivity contribution in [3.63, 3.8) is 0 Å². The lowest BCUT2D eigenvalue weighted by molar-refractivity contribution is -0.138. The average Bonchev–Trinajstić information content (AvgIpc) is 2.64. The van der Waals surface area contributed by atoms with Crippen LogP contribution in [0.15, 0.2) is 24.3 Å². The molecule has 1 aromatic carbocycles. The molecular formula is C17H21F3N2O4. The number of benzene rings is 1. The van der Waals surface area contributed by atoms with Gasteiger partial charge in [-0.15, -0.1) is 0 Å². The zero-order valence-electron chi connectivity index (χ0n) is 14.4. The van der Waals surface area contributed by atoms with E-state index >= 15 is 0 Å². The number of hydrogen-bond donors (Lipinski definition) is 0. The first-order valence-corrected chi connectivity index (χ1v) is 8.14. The lowest BCUT2D eigenvalue weighted by Gasteiger charge is -2.35. The summed E-state index contributed by atoms with van der Waals surface area (Å²) in [6, 6.07) is 4.72. The van der Waals surface area contributed by atoms with Crippen molar-refractivity contribution in [3.8, 4) is 0 Å². The molecule has 0 aliphatic carbocycles. The Hall–Kier alpha value is -2.13. The molecule has 1 aromatic rings. The molecule has 0 atom stereocenters. The summed E-state index contributed by atoms with van der Waals surface area (Å²) in [7, 11) is 1.53. The monoisotopic (exact) mass is 374 g/mol. The van der Waals surface area contributed by atoms with Gasteiger partial charge in [-0.1, -0.05) is 12.1 Å². The molecule has 0 aromatic heterocycles. The zero-order valence-corrected chi connectivity index (χ0v) is 14.4. The van der Waals surface area contributed by atoms with E-state index in [1.165, 1.54) is 35.1 Å². The smallest absolute Gasteiger partial charge is 0.382 e. The van der Waals surface area contributed by atoms with Gasteiger partial charge in [-0.2, -0.15) is 13.2 Å². The van der Waals surface area contributed by atoms with Crippen LogP contribution >= 0.6 is 0 Å². The van der Waals surface area contributed by atoms with Crippen LogP contribution in [0.25, 0.3) is 0 Å². The maximum atomic E-state index is 13.1. The predicted octanol–water partition coefficient (Wildman–Crippen LogP) is 1.65. The zero-order chi connectivity index (χ0) is 19.2. The first kappa shape index (κ1) is 20.2. The first-order chi connectivity index (χ1) is 12.3. The highest BCUT2D eigenvalue weighted by Crippen LogP contribution is 2.32. The number of carbonyl (C=O) groups excluding carboxylic acids is 2. The molecule has 0 unspecified atom stereocenters. The molecule has 0 bridgehead atoms. The first-order valence-electron chi connectivity index (χ1n) is 8.14. The molecular weight excluding hydrogens is 353 g/mol. The maximum absolute atomic E-state index is 13.1. The molecule has 1 saturated heterocycles. The fourth-order valence-electron chi connectivity index (χ4n) is 2.64. The van der Waals surface area contributed by atoms with E-state index in [-0.39, 0.29) is 44.3 Å². The molecule has 6 nitrogen and oxygen atoms in total. The number of methoxy groups -OCH3 is 1. The highest BCUT2D eigenvalue weighted by Gasteiger charge is 2.36. The minimum Gasteiger partial charge on any atom is -0.382 e. The van der Waals surface area contributed by atoms with Gasteiger partial charge in [-0.05, 0) is 12.1 Å².